The lowest BCUT2D eigenvalue weighted by atomic mass is 9.86. The first kappa shape index (κ1) is 20.7. The van der Waals surface area contributed by atoms with Crippen LogP contribution in [0.1, 0.15) is 25.7 Å². The predicted octanol–water partition coefficient (Wildman–Crippen LogP) is 4.04. The third-order valence-corrected chi connectivity index (χ3v) is 6.28. The average Bonchev–Trinajstić information content (AvgIpc) is 2.85. The molecule has 1 aromatic heterocycles. The molecule has 0 atom stereocenters. The van der Waals surface area contributed by atoms with E-state index in [0.717, 1.165) is 80.1 Å². The molecule has 166 valence electrons. The molecule has 1 saturated heterocycles. The molecular formula is C25H28N4O3. The van der Waals surface area contributed by atoms with Crippen LogP contribution in [0.15, 0.2) is 54.9 Å². The van der Waals surface area contributed by atoms with E-state index in [1.807, 2.05) is 30.3 Å². The van der Waals surface area contributed by atoms with Gasteiger partial charge in [-0.3, -0.25) is 9.78 Å². The normalized spacial score (nSPS) is 21.3. The number of ether oxygens (including phenoxy) is 2. The topological polar surface area (TPSA) is 76.6 Å². The summed E-state index contributed by atoms with van der Waals surface area (Å²) in [6.45, 7) is 3.16. The SMILES string of the molecule is O=C(Nc1ccccc1)[C@H]1CC[C@@H](Oc2cc(N3CCOCC3)cc3nccnc23)CC1. The number of carbonyl (C=O) groups is 1. The average molecular weight is 433 g/mol. The fourth-order valence-corrected chi connectivity index (χ4v) is 4.51. The van der Waals surface area contributed by atoms with Crippen LogP contribution in [0.4, 0.5) is 11.4 Å². The van der Waals surface area contributed by atoms with Crippen LogP contribution in [0.2, 0.25) is 0 Å². The van der Waals surface area contributed by atoms with E-state index in [1.54, 1.807) is 12.4 Å². The molecule has 1 N–H and O–H groups in total. The Bertz CT molecular complexity index is 1060. The number of fused-ring (bicyclic) bond motifs is 1. The summed E-state index contributed by atoms with van der Waals surface area (Å²) in [4.78, 5) is 24.0. The van der Waals surface area contributed by atoms with Gasteiger partial charge >= 0.3 is 0 Å². The predicted molar refractivity (Wildman–Crippen MR) is 124 cm³/mol. The van der Waals surface area contributed by atoms with Gasteiger partial charge in [0.2, 0.25) is 5.91 Å². The van der Waals surface area contributed by atoms with Crippen LogP contribution in [0.3, 0.4) is 0 Å². The molecule has 2 aliphatic rings. The van der Waals surface area contributed by atoms with Crippen molar-refractivity contribution < 1.29 is 14.3 Å². The summed E-state index contributed by atoms with van der Waals surface area (Å²) in [6.07, 6.45) is 6.81. The largest absolute Gasteiger partial charge is 0.488 e. The number of nitrogens with one attached hydrogen (secondary N) is 1. The number of hydrogen-bond donors (Lipinski definition) is 1. The Morgan fingerprint density at radius 2 is 1.75 bits per heavy atom. The maximum absolute atomic E-state index is 12.6. The van der Waals surface area contributed by atoms with Crippen molar-refractivity contribution in [1.82, 2.24) is 9.97 Å². The summed E-state index contributed by atoms with van der Waals surface area (Å²) >= 11 is 0. The Labute approximate surface area is 187 Å². The van der Waals surface area contributed by atoms with Crippen LogP contribution in [0, 0.1) is 5.92 Å². The van der Waals surface area contributed by atoms with Crippen molar-refractivity contribution in [3.63, 3.8) is 0 Å². The van der Waals surface area contributed by atoms with E-state index in [2.05, 4.69) is 32.3 Å². The highest BCUT2D eigenvalue weighted by Crippen LogP contribution is 2.34. The van der Waals surface area contributed by atoms with E-state index in [0.29, 0.717) is 0 Å². The molecule has 0 bridgehead atoms. The Kier molecular flexibility index (Phi) is 6.16. The van der Waals surface area contributed by atoms with E-state index in [4.69, 9.17) is 9.47 Å². The monoisotopic (exact) mass is 432 g/mol. The van der Waals surface area contributed by atoms with E-state index in [1.165, 1.54) is 0 Å². The van der Waals surface area contributed by atoms with Crippen LogP contribution >= 0.6 is 0 Å². The zero-order valence-corrected chi connectivity index (χ0v) is 18.1. The lowest BCUT2D eigenvalue weighted by Gasteiger charge is -2.31. The van der Waals surface area contributed by atoms with Crippen molar-refractivity contribution in [2.45, 2.75) is 31.8 Å². The highest BCUT2D eigenvalue weighted by atomic mass is 16.5. The maximum atomic E-state index is 12.6. The number of anilines is 2. The summed E-state index contributed by atoms with van der Waals surface area (Å²) in [7, 11) is 0. The number of amides is 1. The van der Waals surface area contributed by atoms with E-state index < -0.39 is 0 Å². The van der Waals surface area contributed by atoms with Crippen molar-refractivity contribution in [2.24, 2.45) is 5.92 Å². The van der Waals surface area contributed by atoms with E-state index in [-0.39, 0.29) is 17.9 Å². The smallest absolute Gasteiger partial charge is 0.227 e. The summed E-state index contributed by atoms with van der Waals surface area (Å²) < 4.78 is 11.9. The number of morpholine rings is 1. The van der Waals surface area contributed by atoms with E-state index >= 15 is 0 Å². The molecule has 7 heteroatoms. The Balaban J connectivity index is 1.26. The molecule has 1 amide bonds. The second-order valence-electron chi connectivity index (χ2n) is 8.41. The number of hydrogen-bond acceptors (Lipinski definition) is 6. The number of carbonyl (C=O) groups excluding carboxylic acids is 1. The van der Waals surface area contributed by atoms with Crippen molar-refractivity contribution in [1.29, 1.82) is 0 Å². The van der Waals surface area contributed by atoms with Crippen molar-refractivity contribution in [3.05, 3.63) is 54.9 Å². The molecule has 1 aliphatic carbocycles. The summed E-state index contributed by atoms with van der Waals surface area (Å²) in [5, 5.41) is 3.03. The van der Waals surface area contributed by atoms with Crippen molar-refractivity contribution in [2.75, 3.05) is 36.5 Å². The number of nitrogens with zero attached hydrogens (tertiary/aromatic N) is 3. The molecule has 1 saturated carbocycles. The molecule has 0 unspecified atom stereocenters. The van der Waals surface area contributed by atoms with Gasteiger partial charge in [-0.25, -0.2) is 4.98 Å². The van der Waals surface area contributed by atoms with Gasteiger partial charge in [-0.15, -0.1) is 0 Å². The minimum Gasteiger partial charge on any atom is -0.488 e. The van der Waals surface area contributed by atoms with Crippen LogP contribution in [-0.4, -0.2) is 48.3 Å². The highest BCUT2D eigenvalue weighted by Gasteiger charge is 2.28. The zero-order valence-electron chi connectivity index (χ0n) is 18.1. The number of para-hydroxylation sites is 1. The fraction of sp³-hybridized carbons (Fsp3) is 0.400. The second-order valence-corrected chi connectivity index (χ2v) is 8.41. The Hall–Kier alpha value is -3.19. The third kappa shape index (κ3) is 4.67. The van der Waals surface area contributed by atoms with Gasteiger partial charge in [0.05, 0.1) is 24.8 Å². The van der Waals surface area contributed by atoms with Crippen LogP contribution in [-0.2, 0) is 9.53 Å². The first-order valence-corrected chi connectivity index (χ1v) is 11.4. The first-order valence-electron chi connectivity index (χ1n) is 11.4. The third-order valence-electron chi connectivity index (χ3n) is 6.28. The highest BCUT2D eigenvalue weighted by molar-refractivity contribution is 5.92. The quantitative estimate of drug-likeness (QED) is 0.656. The van der Waals surface area contributed by atoms with Crippen molar-refractivity contribution in [3.8, 4) is 5.75 Å². The molecule has 5 rings (SSSR count). The number of benzene rings is 2. The maximum Gasteiger partial charge on any atom is 0.227 e. The minimum atomic E-state index is 0.0197. The van der Waals surface area contributed by atoms with Crippen LogP contribution in [0.25, 0.3) is 11.0 Å². The molecule has 2 aromatic carbocycles. The van der Waals surface area contributed by atoms with Gasteiger partial charge in [-0.05, 0) is 43.9 Å². The molecule has 2 heterocycles. The summed E-state index contributed by atoms with van der Waals surface area (Å²) in [5.74, 6) is 0.890. The fourth-order valence-electron chi connectivity index (χ4n) is 4.51. The number of rotatable bonds is 5. The minimum absolute atomic E-state index is 0.0197. The van der Waals surface area contributed by atoms with Crippen LogP contribution in [0.5, 0.6) is 5.75 Å². The molecule has 0 spiro atoms. The molecule has 32 heavy (non-hydrogen) atoms. The van der Waals surface area contributed by atoms with Gasteiger partial charge < -0.3 is 19.7 Å². The molecule has 7 nitrogen and oxygen atoms in total. The second kappa shape index (κ2) is 9.53. The van der Waals surface area contributed by atoms with Gasteiger partial charge in [0, 0.05) is 48.8 Å². The lowest BCUT2D eigenvalue weighted by molar-refractivity contribution is -0.121. The Morgan fingerprint density at radius 1 is 1.00 bits per heavy atom. The van der Waals surface area contributed by atoms with Crippen molar-refractivity contribution >= 4 is 28.3 Å². The molecule has 0 radical (unpaired) electrons. The van der Waals surface area contributed by atoms with Gasteiger partial charge in [-0.2, -0.15) is 0 Å². The molecular weight excluding hydrogens is 404 g/mol. The summed E-state index contributed by atoms with van der Waals surface area (Å²) in [5.41, 5.74) is 3.56. The number of aromatic nitrogens is 2. The lowest BCUT2D eigenvalue weighted by Crippen LogP contribution is -2.36. The Morgan fingerprint density at radius 3 is 2.53 bits per heavy atom. The van der Waals surface area contributed by atoms with Gasteiger partial charge in [-0.1, -0.05) is 18.2 Å². The molecule has 3 aromatic rings. The standard InChI is InChI=1S/C25H28N4O3/c30-25(28-19-4-2-1-3-5-19)18-6-8-21(9-7-18)32-23-17-20(29-12-14-31-15-13-29)16-22-24(23)27-11-10-26-22/h1-5,10-11,16-18,21H,6-9,12-15H2,(H,28,30)/t18-,21+. The first-order chi connectivity index (χ1) is 15.8. The molecule has 2 fully saturated rings. The van der Waals surface area contributed by atoms with E-state index in [9.17, 15) is 4.79 Å². The van der Waals surface area contributed by atoms with Crippen LogP contribution < -0.4 is 15.0 Å². The van der Waals surface area contributed by atoms with Gasteiger partial charge in [0.1, 0.15) is 11.3 Å². The summed E-state index contributed by atoms with van der Waals surface area (Å²) in [6, 6.07) is 13.8. The van der Waals surface area contributed by atoms with Gasteiger partial charge in [0.25, 0.3) is 0 Å². The molecule has 1 aliphatic heterocycles. The van der Waals surface area contributed by atoms with Gasteiger partial charge in [0.15, 0.2) is 0 Å². The zero-order chi connectivity index (χ0) is 21.8.